The van der Waals surface area contributed by atoms with E-state index in [4.69, 9.17) is 4.84 Å². The standard InChI is InChI=1S/C24H33NO2/c1-2-3-4-5-6-7-8-10-13-21-16-18-23(19-17-21)24(26)25-27-20-22-14-11-9-12-15-22/h9,11-12,14-19H,2-8,10,13,20H2,1H3,(H,25,26). The van der Waals surface area contributed by atoms with E-state index >= 15 is 0 Å². The molecule has 3 heteroatoms. The summed E-state index contributed by atoms with van der Waals surface area (Å²) in [5.41, 5.74) is 5.46. The fraction of sp³-hybridized carbons (Fsp3) is 0.458. The summed E-state index contributed by atoms with van der Waals surface area (Å²) in [6, 6.07) is 17.6. The van der Waals surface area contributed by atoms with Gasteiger partial charge in [-0.2, -0.15) is 0 Å². The van der Waals surface area contributed by atoms with Gasteiger partial charge in [0.2, 0.25) is 0 Å². The molecule has 2 aromatic rings. The quantitative estimate of drug-likeness (QED) is 0.336. The zero-order valence-electron chi connectivity index (χ0n) is 16.6. The highest BCUT2D eigenvalue weighted by Gasteiger charge is 2.05. The van der Waals surface area contributed by atoms with Crippen molar-refractivity contribution in [2.24, 2.45) is 0 Å². The molecule has 0 fully saturated rings. The lowest BCUT2D eigenvalue weighted by molar-refractivity contribution is 0.0233. The van der Waals surface area contributed by atoms with E-state index < -0.39 is 0 Å². The normalized spacial score (nSPS) is 10.7. The molecule has 2 rings (SSSR count). The number of unbranched alkanes of at least 4 members (excludes halogenated alkanes) is 7. The first kappa shape index (κ1) is 21.2. The number of aryl methyl sites for hydroxylation is 1. The van der Waals surface area contributed by atoms with Crippen LogP contribution in [0.1, 0.15) is 79.8 Å². The third kappa shape index (κ3) is 8.87. The van der Waals surface area contributed by atoms with Crippen LogP contribution in [0, 0.1) is 0 Å². The highest BCUT2D eigenvalue weighted by atomic mass is 16.6. The lowest BCUT2D eigenvalue weighted by Crippen LogP contribution is -2.23. The molecule has 0 aliphatic rings. The predicted octanol–water partition coefficient (Wildman–Crippen LogP) is 6.23. The molecule has 0 saturated carbocycles. The fourth-order valence-corrected chi connectivity index (χ4v) is 3.10. The van der Waals surface area contributed by atoms with Gasteiger partial charge in [0.1, 0.15) is 0 Å². The van der Waals surface area contributed by atoms with Crippen molar-refractivity contribution in [3.8, 4) is 0 Å². The molecular weight excluding hydrogens is 334 g/mol. The first-order valence-corrected chi connectivity index (χ1v) is 10.3. The Morgan fingerprint density at radius 3 is 2.07 bits per heavy atom. The summed E-state index contributed by atoms with van der Waals surface area (Å²) in [5, 5.41) is 0. The van der Waals surface area contributed by atoms with Crippen LogP contribution in [0.4, 0.5) is 0 Å². The number of amides is 1. The molecule has 1 N–H and O–H groups in total. The second-order valence-electron chi connectivity index (χ2n) is 7.13. The van der Waals surface area contributed by atoms with Gasteiger partial charge in [0, 0.05) is 5.56 Å². The first-order chi connectivity index (χ1) is 13.3. The SMILES string of the molecule is CCCCCCCCCCc1ccc(C(=O)NOCc2ccccc2)cc1. The molecule has 0 spiro atoms. The molecule has 0 radical (unpaired) electrons. The average molecular weight is 368 g/mol. The summed E-state index contributed by atoms with van der Waals surface area (Å²) < 4.78 is 0. The van der Waals surface area contributed by atoms with Gasteiger partial charge in [-0.05, 0) is 36.1 Å². The highest BCUT2D eigenvalue weighted by Crippen LogP contribution is 2.12. The summed E-state index contributed by atoms with van der Waals surface area (Å²) >= 11 is 0. The molecule has 146 valence electrons. The van der Waals surface area contributed by atoms with Gasteiger partial charge < -0.3 is 0 Å². The van der Waals surface area contributed by atoms with Crippen LogP contribution in [0.3, 0.4) is 0 Å². The van der Waals surface area contributed by atoms with E-state index in [0.717, 1.165) is 12.0 Å². The molecule has 0 unspecified atom stereocenters. The minimum Gasteiger partial charge on any atom is -0.269 e. The Kier molecular flexibility index (Phi) is 10.3. The van der Waals surface area contributed by atoms with Crippen LogP contribution in [0.2, 0.25) is 0 Å². The van der Waals surface area contributed by atoms with E-state index in [1.165, 1.54) is 56.9 Å². The number of carbonyl (C=O) groups is 1. The summed E-state index contributed by atoms with van der Waals surface area (Å²) in [7, 11) is 0. The van der Waals surface area contributed by atoms with E-state index in [0.29, 0.717) is 12.2 Å². The third-order valence-electron chi connectivity index (χ3n) is 4.78. The summed E-state index contributed by atoms with van der Waals surface area (Å²) in [5.74, 6) is -0.204. The molecular formula is C24H33NO2. The van der Waals surface area contributed by atoms with Gasteiger partial charge >= 0.3 is 0 Å². The van der Waals surface area contributed by atoms with Crippen molar-refractivity contribution in [1.29, 1.82) is 0 Å². The van der Waals surface area contributed by atoms with Gasteiger partial charge in [-0.15, -0.1) is 0 Å². The van der Waals surface area contributed by atoms with Crippen molar-refractivity contribution in [3.63, 3.8) is 0 Å². The Morgan fingerprint density at radius 2 is 1.41 bits per heavy atom. The van der Waals surface area contributed by atoms with E-state index in [2.05, 4.69) is 12.4 Å². The van der Waals surface area contributed by atoms with Gasteiger partial charge in [-0.3, -0.25) is 9.63 Å². The Bertz CT molecular complexity index is 637. The van der Waals surface area contributed by atoms with Gasteiger partial charge in [0.25, 0.3) is 5.91 Å². The Labute approximate surface area is 164 Å². The lowest BCUT2D eigenvalue weighted by Gasteiger charge is -2.07. The zero-order valence-corrected chi connectivity index (χ0v) is 16.6. The zero-order chi connectivity index (χ0) is 19.2. The smallest absolute Gasteiger partial charge is 0.269 e. The number of hydrogen-bond acceptors (Lipinski definition) is 2. The molecule has 1 amide bonds. The van der Waals surface area contributed by atoms with Crippen molar-refractivity contribution in [1.82, 2.24) is 5.48 Å². The van der Waals surface area contributed by atoms with Gasteiger partial charge in [0.15, 0.2) is 0 Å². The highest BCUT2D eigenvalue weighted by molar-refractivity contribution is 5.93. The number of rotatable bonds is 13. The summed E-state index contributed by atoms with van der Waals surface area (Å²) in [4.78, 5) is 17.4. The maximum atomic E-state index is 12.1. The van der Waals surface area contributed by atoms with Crippen molar-refractivity contribution >= 4 is 5.91 Å². The van der Waals surface area contributed by atoms with Gasteiger partial charge in [-0.1, -0.05) is 94.3 Å². The molecule has 0 atom stereocenters. The predicted molar refractivity (Wildman–Crippen MR) is 111 cm³/mol. The number of nitrogens with one attached hydrogen (secondary N) is 1. The van der Waals surface area contributed by atoms with Crippen molar-refractivity contribution < 1.29 is 9.63 Å². The molecule has 0 aromatic heterocycles. The molecule has 3 nitrogen and oxygen atoms in total. The van der Waals surface area contributed by atoms with Crippen LogP contribution in [-0.4, -0.2) is 5.91 Å². The minimum atomic E-state index is -0.204. The molecule has 0 saturated heterocycles. The second-order valence-corrected chi connectivity index (χ2v) is 7.13. The van der Waals surface area contributed by atoms with Gasteiger partial charge in [0.05, 0.1) is 6.61 Å². The van der Waals surface area contributed by atoms with Crippen molar-refractivity contribution in [2.75, 3.05) is 0 Å². The number of hydrogen-bond donors (Lipinski definition) is 1. The average Bonchev–Trinajstić information content (AvgIpc) is 2.71. The largest absolute Gasteiger partial charge is 0.274 e. The fourth-order valence-electron chi connectivity index (χ4n) is 3.10. The second kappa shape index (κ2) is 13.1. The number of benzene rings is 2. The van der Waals surface area contributed by atoms with Crippen LogP contribution < -0.4 is 5.48 Å². The lowest BCUT2D eigenvalue weighted by atomic mass is 10.0. The van der Waals surface area contributed by atoms with E-state index in [1.54, 1.807) is 0 Å². The Morgan fingerprint density at radius 1 is 0.778 bits per heavy atom. The van der Waals surface area contributed by atoms with Crippen LogP contribution >= 0.6 is 0 Å². The topological polar surface area (TPSA) is 38.3 Å². The van der Waals surface area contributed by atoms with Crippen LogP contribution in [-0.2, 0) is 17.9 Å². The van der Waals surface area contributed by atoms with Gasteiger partial charge in [-0.25, -0.2) is 5.48 Å². The van der Waals surface area contributed by atoms with Crippen molar-refractivity contribution in [3.05, 3.63) is 71.3 Å². The molecule has 0 heterocycles. The van der Waals surface area contributed by atoms with Crippen LogP contribution in [0.25, 0.3) is 0 Å². The maximum Gasteiger partial charge on any atom is 0.274 e. The molecule has 0 aliphatic carbocycles. The molecule has 0 bridgehead atoms. The molecule has 27 heavy (non-hydrogen) atoms. The number of hydroxylamine groups is 1. The maximum absolute atomic E-state index is 12.1. The third-order valence-corrected chi connectivity index (χ3v) is 4.78. The summed E-state index contributed by atoms with van der Waals surface area (Å²) in [6.45, 7) is 2.62. The Balaban J connectivity index is 1.60. The first-order valence-electron chi connectivity index (χ1n) is 10.3. The Hall–Kier alpha value is -2.13. The minimum absolute atomic E-state index is 0.204. The monoisotopic (exact) mass is 367 g/mol. The number of carbonyl (C=O) groups excluding carboxylic acids is 1. The summed E-state index contributed by atoms with van der Waals surface area (Å²) in [6.07, 6.45) is 11.7. The molecule has 0 aliphatic heterocycles. The van der Waals surface area contributed by atoms with E-state index in [9.17, 15) is 4.79 Å². The van der Waals surface area contributed by atoms with Crippen molar-refractivity contribution in [2.45, 2.75) is 71.3 Å². The molecule has 2 aromatic carbocycles. The van der Waals surface area contributed by atoms with E-state index in [-0.39, 0.29) is 5.91 Å². The van der Waals surface area contributed by atoms with Crippen LogP contribution in [0.15, 0.2) is 54.6 Å². The van der Waals surface area contributed by atoms with E-state index in [1.807, 2.05) is 54.6 Å². The van der Waals surface area contributed by atoms with Crippen LogP contribution in [0.5, 0.6) is 0 Å².